The molecule has 0 bridgehead atoms. The number of ether oxygens (including phenoxy) is 2. The number of methoxy groups -OCH3 is 1. The lowest BCUT2D eigenvalue weighted by Gasteiger charge is -2.32. The third-order valence-corrected chi connectivity index (χ3v) is 3.99. The van der Waals surface area contributed by atoms with Crippen LogP contribution in [-0.2, 0) is 0 Å². The second kappa shape index (κ2) is 6.83. The van der Waals surface area contributed by atoms with Gasteiger partial charge < -0.3 is 14.4 Å². The van der Waals surface area contributed by atoms with Crippen molar-refractivity contribution in [3.8, 4) is 11.6 Å². The Labute approximate surface area is 134 Å². The fourth-order valence-electron chi connectivity index (χ4n) is 2.49. The molecule has 0 aliphatic carbocycles. The highest BCUT2D eigenvalue weighted by Crippen LogP contribution is 2.27. The average Bonchev–Trinajstić information content (AvgIpc) is 2.58. The second-order valence-electron chi connectivity index (χ2n) is 5.13. The number of rotatable bonds is 4. The Morgan fingerprint density at radius 1 is 1.18 bits per heavy atom. The monoisotopic (exact) mass is 319 g/mol. The van der Waals surface area contributed by atoms with E-state index in [4.69, 9.17) is 21.1 Å². The quantitative estimate of drug-likeness (QED) is 0.866. The first kappa shape index (κ1) is 14.9. The van der Waals surface area contributed by atoms with Gasteiger partial charge in [-0.3, -0.25) is 0 Å². The first-order chi connectivity index (χ1) is 10.8. The summed E-state index contributed by atoms with van der Waals surface area (Å²) in [5, 5.41) is 0.654. The Morgan fingerprint density at radius 3 is 2.68 bits per heavy atom. The normalized spacial score (nSPS) is 15.6. The Kier molecular flexibility index (Phi) is 4.63. The van der Waals surface area contributed by atoms with Crippen molar-refractivity contribution >= 4 is 17.5 Å². The van der Waals surface area contributed by atoms with Gasteiger partial charge in [-0.25, -0.2) is 4.98 Å². The molecular formula is C16H18ClN3O2. The van der Waals surface area contributed by atoms with Crippen molar-refractivity contribution in [2.24, 2.45) is 0 Å². The van der Waals surface area contributed by atoms with Crippen LogP contribution in [0.5, 0.6) is 11.6 Å². The average molecular weight is 320 g/mol. The van der Waals surface area contributed by atoms with Crippen molar-refractivity contribution < 1.29 is 9.47 Å². The minimum Gasteiger partial charge on any atom is -0.489 e. The smallest absolute Gasteiger partial charge is 0.228 e. The zero-order valence-corrected chi connectivity index (χ0v) is 13.2. The van der Waals surface area contributed by atoms with E-state index in [1.165, 1.54) is 0 Å². The molecule has 1 fully saturated rings. The van der Waals surface area contributed by atoms with E-state index in [2.05, 4.69) is 14.9 Å². The molecule has 6 heteroatoms. The van der Waals surface area contributed by atoms with Crippen molar-refractivity contribution in [2.75, 3.05) is 25.1 Å². The highest BCUT2D eigenvalue weighted by atomic mass is 35.5. The topological polar surface area (TPSA) is 47.5 Å². The maximum atomic E-state index is 6.13. The zero-order chi connectivity index (χ0) is 15.4. The number of hydrogen-bond acceptors (Lipinski definition) is 5. The number of hydrogen-bond donors (Lipinski definition) is 0. The summed E-state index contributed by atoms with van der Waals surface area (Å²) in [6.45, 7) is 1.70. The standard InChI is InChI=1S/C16H18ClN3O2/c1-21-15-6-9-18-16(19-15)20-10-7-12(8-11-20)22-14-5-3-2-4-13(14)17/h2-6,9,12H,7-8,10-11H2,1H3. The van der Waals surface area contributed by atoms with Crippen LogP contribution in [-0.4, -0.2) is 36.3 Å². The van der Waals surface area contributed by atoms with Gasteiger partial charge in [0.25, 0.3) is 0 Å². The molecule has 2 aromatic rings. The van der Waals surface area contributed by atoms with Crippen LogP contribution in [0, 0.1) is 0 Å². The molecule has 1 aromatic carbocycles. The van der Waals surface area contributed by atoms with Gasteiger partial charge >= 0.3 is 0 Å². The van der Waals surface area contributed by atoms with Gasteiger partial charge in [0.05, 0.1) is 12.1 Å². The van der Waals surface area contributed by atoms with Gasteiger partial charge in [0.1, 0.15) is 11.9 Å². The molecule has 0 radical (unpaired) electrons. The molecule has 0 unspecified atom stereocenters. The Bertz CT molecular complexity index is 630. The van der Waals surface area contributed by atoms with Crippen LogP contribution in [0.25, 0.3) is 0 Å². The van der Waals surface area contributed by atoms with Crippen LogP contribution in [0.4, 0.5) is 5.95 Å². The fourth-order valence-corrected chi connectivity index (χ4v) is 2.67. The molecule has 1 aliphatic heterocycles. The Hall–Kier alpha value is -2.01. The summed E-state index contributed by atoms with van der Waals surface area (Å²) in [6, 6.07) is 9.32. The van der Waals surface area contributed by atoms with Crippen LogP contribution in [0.1, 0.15) is 12.8 Å². The maximum Gasteiger partial charge on any atom is 0.228 e. The fraction of sp³-hybridized carbons (Fsp3) is 0.375. The molecule has 116 valence electrons. The zero-order valence-electron chi connectivity index (χ0n) is 12.4. The largest absolute Gasteiger partial charge is 0.489 e. The summed E-state index contributed by atoms with van der Waals surface area (Å²) in [5.41, 5.74) is 0. The minimum absolute atomic E-state index is 0.168. The van der Waals surface area contributed by atoms with Crippen LogP contribution in [0.15, 0.2) is 36.5 Å². The third-order valence-electron chi connectivity index (χ3n) is 3.68. The highest BCUT2D eigenvalue weighted by molar-refractivity contribution is 6.32. The molecule has 5 nitrogen and oxygen atoms in total. The van der Waals surface area contributed by atoms with E-state index in [1.807, 2.05) is 24.3 Å². The maximum absolute atomic E-state index is 6.13. The number of anilines is 1. The summed E-state index contributed by atoms with van der Waals surface area (Å²) < 4.78 is 11.1. The lowest BCUT2D eigenvalue weighted by molar-refractivity contribution is 0.170. The lowest BCUT2D eigenvalue weighted by atomic mass is 10.1. The number of benzene rings is 1. The van der Waals surface area contributed by atoms with Gasteiger partial charge in [-0.1, -0.05) is 23.7 Å². The van der Waals surface area contributed by atoms with E-state index in [9.17, 15) is 0 Å². The van der Waals surface area contributed by atoms with E-state index in [1.54, 1.807) is 19.4 Å². The first-order valence-corrected chi connectivity index (χ1v) is 7.67. The van der Waals surface area contributed by atoms with E-state index in [0.29, 0.717) is 16.9 Å². The number of nitrogens with zero attached hydrogens (tertiary/aromatic N) is 3. The lowest BCUT2D eigenvalue weighted by Crippen LogP contribution is -2.39. The molecule has 22 heavy (non-hydrogen) atoms. The Morgan fingerprint density at radius 2 is 1.95 bits per heavy atom. The second-order valence-corrected chi connectivity index (χ2v) is 5.54. The summed E-state index contributed by atoms with van der Waals surface area (Å²) in [4.78, 5) is 10.8. The predicted molar refractivity (Wildman–Crippen MR) is 85.9 cm³/mol. The molecule has 0 amide bonds. The molecule has 1 aliphatic rings. The minimum atomic E-state index is 0.168. The molecule has 2 heterocycles. The molecular weight excluding hydrogens is 302 g/mol. The van der Waals surface area contributed by atoms with Crippen LogP contribution < -0.4 is 14.4 Å². The summed E-state index contributed by atoms with van der Waals surface area (Å²) in [6.07, 6.45) is 3.70. The van der Waals surface area contributed by atoms with Gasteiger partial charge in [-0.15, -0.1) is 0 Å². The molecule has 0 atom stereocenters. The molecule has 0 spiro atoms. The van der Waals surface area contributed by atoms with Crippen molar-refractivity contribution in [1.29, 1.82) is 0 Å². The summed E-state index contributed by atoms with van der Waals surface area (Å²) in [5.74, 6) is 2.04. The van der Waals surface area contributed by atoms with Gasteiger partial charge in [-0.05, 0) is 12.1 Å². The predicted octanol–water partition coefficient (Wildman–Crippen LogP) is 3.19. The van der Waals surface area contributed by atoms with Gasteiger partial charge in [-0.2, -0.15) is 4.98 Å². The first-order valence-electron chi connectivity index (χ1n) is 7.29. The van der Waals surface area contributed by atoms with E-state index >= 15 is 0 Å². The van der Waals surface area contributed by atoms with Gasteiger partial charge in [0.2, 0.25) is 11.8 Å². The van der Waals surface area contributed by atoms with E-state index < -0.39 is 0 Å². The number of aromatic nitrogens is 2. The number of halogens is 1. The number of piperidine rings is 1. The molecule has 0 saturated carbocycles. The summed E-state index contributed by atoms with van der Waals surface area (Å²) in [7, 11) is 1.61. The summed E-state index contributed by atoms with van der Waals surface area (Å²) >= 11 is 6.13. The third kappa shape index (κ3) is 3.42. The highest BCUT2D eigenvalue weighted by Gasteiger charge is 2.23. The van der Waals surface area contributed by atoms with Crippen molar-refractivity contribution in [1.82, 2.24) is 9.97 Å². The molecule has 1 saturated heterocycles. The van der Waals surface area contributed by atoms with Gasteiger partial charge in [0, 0.05) is 38.2 Å². The number of para-hydroxylation sites is 1. The SMILES string of the molecule is COc1ccnc(N2CCC(Oc3ccccc3Cl)CC2)n1. The Balaban J connectivity index is 1.59. The van der Waals surface area contributed by atoms with Gasteiger partial charge in [0.15, 0.2) is 0 Å². The van der Waals surface area contributed by atoms with Crippen molar-refractivity contribution in [3.63, 3.8) is 0 Å². The van der Waals surface area contributed by atoms with Crippen LogP contribution in [0.3, 0.4) is 0 Å². The van der Waals surface area contributed by atoms with Crippen LogP contribution in [0.2, 0.25) is 5.02 Å². The van der Waals surface area contributed by atoms with E-state index in [-0.39, 0.29) is 6.10 Å². The van der Waals surface area contributed by atoms with E-state index in [0.717, 1.165) is 31.7 Å². The van der Waals surface area contributed by atoms with Crippen molar-refractivity contribution in [3.05, 3.63) is 41.6 Å². The van der Waals surface area contributed by atoms with Crippen molar-refractivity contribution in [2.45, 2.75) is 18.9 Å². The molecule has 3 rings (SSSR count). The van der Waals surface area contributed by atoms with Crippen LogP contribution >= 0.6 is 11.6 Å². The molecule has 1 aromatic heterocycles. The molecule has 0 N–H and O–H groups in total.